The van der Waals surface area contributed by atoms with Crippen molar-refractivity contribution in [2.45, 2.75) is 0 Å². The Kier molecular flexibility index (Phi) is 3.89. The van der Waals surface area contributed by atoms with Gasteiger partial charge in [0.1, 0.15) is 0 Å². The lowest BCUT2D eigenvalue weighted by atomic mass is 10.0. The topological polar surface area (TPSA) is 84.3 Å². The lowest BCUT2D eigenvalue weighted by Crippen LogP contribution is -2.44. The van der Waals surface area contributed by atoms with E-state index < -0.39 is 0 Å². The van der Waals surface area contributed by atoms with Gasteiger partial charge in [-0.3, -0.25) is 0 Å². The van der Waals surface area contributed by atoms with Crippen molar-refractivity contribution in [1.82, 2.24) is 14.9 Å². The molecule has 0 radical (unpaired) electrons. The Labute approximate surface area is 147 Å². The van der Waals surface area contributed by atoms with E-state index in [4.69, 9.17) is 11.5 Å². The minimum atomic E-state index is 0.265. The summed E-state index contributed by atoms with van der Waals surface area (Å²) in [6.45, 7) is 4.10. The van der Waals surface area contributed by atoms with Crippen LogP contribution in [0.3, 0.4) is 0 Å². The van der Waals surface area contributed by atoms with Crippen LogP contribution in [-0.4, -0.2) is 48.1 Å². The number of nitrogens with two attached hydrogens (primary N) is 2. The van der Waals surface area contributed by atoms with Gasteiger partial charge in [-0.1, -0.05) is 18.2 Å². The van der Waals surface area contributed by atoms with Crippen molar-refractivity contribution in [3.8, 4) is 11.3 Å². The monoisotopic (exact) mass is 334 g/mol. The van der Waals surface area contributed by atoms with Gasteiger partial charge in [0.25, 0.3) is 0 Å². The third-order valence-electron chi connectivity index (χ3n) is 4.74. The molecule has 1 fully saturated rings. The van der Waals surface area contributed by atoms with E-state index in [1.54, 1.807) is 0 Å². The zero-order valence-corrected chi connectivity index (χ0v) is 14.3. The molecule has 4 N–H and O–H groups in total. The highest BCUT2D eigenvalue weighted by Crippen LogP contribution is 2.35. The molecule has 0 unspecified atom stereocenters. The number of anilines is 3. The quantitative estimate of drug-likeness (QED) is 0.699. The lowest BCUT2D eigenvalue weighted by molar-refractivity contribution is 0.313. The molecule has 1 aliphatic heterocycles. The second-order valence-electron chi connectivity index (χ2n) is 6.51. The Morgan fingerprint density at radius 3 is 2.48 bits per heavy atom. The van der Waals surface area contributed by atoms with Gasteiger partial charge in [0.2, 0.25) is 5.95 Å². The molecule has 4 rings (SSSR count). The molecular formula is C19H22N6. The summed E-state index contributed by atoms with van der Waals surface area (Å²) < 4.78 is 0. The van der Waals surface area contributed by atoms with Crippen LogP contribution in [0.4, 0.5) is 17.3 Å². The Bertz CT molecular complexity index is 910. The van der Waals surface area contributed by atoms with Crippen molar-refractivity contribution in [3.05, 3.63) is 42.5 Å². The zero-order chi connectivity index (χ0) is 17.4. The van der Waals surface area contributed by atoms with E-state index in [0.717, 1.165) is 48.3 Å². The fourth-order valence-corrected chi connectivity index (χ4v) is 3.37. The van der Waals surface area contributed by atoms with Crippen LogP contribution in [0.2, 0.25) is 0 Å². The molecule has 3 aromatic rings. The van der Waals surface area contributed by atoms with Gasteiger partial charge < -0.3 is 21.3 Å². The molecule has 1 aliphatic rings. The van der Waals surface area contributed by atoms with E-state index in [1.165, 1.54) is 5.69 Å². The Morgan fingerprint density at radius 1 is 0.920 bits per heavy atom. The smallest absolute Gasteiger partial charge is 0.221 e. The first-order valence-corrected chi connectivity index (χ1v) is 8.47. The van der Waals surface area contributed by atoms with E-state index in [1.807, 2.05) is 24.3 Å². The first-order chi connectivity index (χ1) is 12.1. The number of fused-ring (bicyclic) bond motifs is 1. The van der Waals surface area contributed by atoms with Crippen LogP contribution in [0, 0.1) is 0 Å². The summed E-state index contributed by atoms with van der Waals surface area (Å²) in [4.78, 5) is 13.7. The molecule has 0 saturated carbocycles. The number of likely N-dealkylation sites (N-methyl/N-ethyl adjacent to an activating group) is 1. The summed E-state index contributed by atoms with van der Waals surface area (Å²) in [5, 5.41) is 0.963. The zero-order valence-electron chi connectivity index (χ0n) is 14.3. The summed E-state index contributed by atoms with van der Waals surface area (Å²) in [5.74, 6) is 0.265. The fourth-order valence-electron chi connectivity index (χ4n) is 3.37. The largest absolute Gasteiger partial charge is 0.399 e. The minimum Gasteiger partial charge on any atom is -0.399 e. The van der Waals surface area contributed by atoms with Crippen molar-refractivity contribution < 1.29 is 0 Å². The van der Waals surface area contributed by atoms with Gasteiger partial charge in [-0.05, 0) is 31.3 Å². The number of piperazine rings is 1. The van der Waals surface area contributed by atoms with Crippen LogP contribution in [0.5, 0.6) is 0 Å². The molecule has 1 saturated heterocycles. The maximum absolute atomic E-state index is 5.98. The summed E-state index contributed by atoms with van der Waals surface area (Å²) in [7, 11) is 2.16. The van der Waals surface area contributed by atoms with E-state index in [0.29, 0.717) is 5.69 Å². The van der Waals surface area contributed by atoms with Gasteiger partial charge in [-0.15, -0.1) is 0 Å². The minimum absolute atomic E-state index is 0.265. The molecule has 6 nitrogen and oxygen atoms in total. The van der Waals surface area contributed by atoms with Gasteiger partial charge in [0.05, 0.1) is 11.2 Å². The number of benzene rings is 2. The Balaban J connectivity index is 1.87. The number of rotatable bonds is 2. The first-order valence-electron chi connectivity index (χ1n) is 8.47. The molecule has 0 amide bonds. The number of para-hydroxylation sites is 1. The summed E-state index contributed by atoms with van der Waals surface area (Å²) in [6.07, 6.45) is 0. The van der Waals surface area contributed by atoms with E-state index in [-0.39, 0.29) is 5.95 Å². The van der Waals surface area contributed by atoms with Crippen molar-refractivity contribution in [2.24, 2.45) is 0 Å². The molecule has 1 aromatic heterocycles. The highest BCUT2D eigenvalue weighted by molar-refractivity contribution is 5.97. The molecule has 25 heavy (non-hydrogen) atoms. The van der Waals surface area contributed by atoms with Crippen LogP contribution >= 0.6 is 0 Å². The second-order valence-corrected chi connectivity index (χ2v) is 6.51. The predicted octanol–water partition coefficient (Wildman–Crippen LogP) is 2.21. The standard InChI is InChI=1S/C19H22N6/c1-24-8-10-25(11-9-24)17-5-3-2-4-15(17)18-14-7-6-13(20)12-16(14)22-19(21)23-18/h2-7,12H,8-11,20H2,1H3,(H2,21,22,23). The number of aromatic nitrogens is 2. The van der Waals surface area contributed by atoms with Crippen LogP contribution in [0.1, 0.15) is 0 Å². The summed E-state index contributed by atoms with van der Waals surface area (Å²) in [6, 6.07) is 14.1. The predicted molar refractivity (Wildman–Crippen MR) is 104 cm³/mol. The average molecular weight is 334 g/mol. The Morgan fingerprint density at radius 2 is 1.68 bits per heavy atom. The SMILES string of the molecule is CN1CCN(c2ccccc2-c2nc(N)nc3cc(N)ccc23)CC1. The highest BCUT2D eigenvalue weighted by Gasteiger charge is 2.19. The van der Waals surface area contributed by atoms with E-state index >= 15 is 0 Å². The van der Waals surface area contributed by atoms with Crippen LogP contribution in [-0.2, 0) is 0 Å². The third-order valence-corrected chi connectivity index (χ3v) is 4.74. The maximum Gasteiger partial charge on any atom is 0.221 e. The molecule has 0 bridgehead atoms. The van der Waals surface area contributed by atoms with E-state index in [2.05, 4.69) is 45.0 Å². The molecule has 2 heterocycles. The number of nitrogens with zero attached hydrogens (tertiary/aromatic N) is 4. The second kappa shape index (κ2) is 6.22. The van der Waals surface area contributed by atoms with Crippen molar-refractivity contribution in [2.75, 3.05) is 49.6 Å². The van der Waals surface area contributed by atoms with Crippen molar-refractivity contribution in [1.29, 1.82) is 0 Å². The lowest BCUT2D eigenvalue weighted by Gasteiger charge is -2.35. The van der Waals surface area contributed by atoms with Gasteiger partial charge in [-0.2, -0.15) is 0 Å². The third kappa shape index (κ3) is 2.96. The van der Waals surface area contributed by atoms with Crippen LogP contribution < -0.4 is 16.4 Å². The van der Waals surface area contributed by atoms with Crippen molar-refractivity contribution >= 4 is 28.2 Å². The molecule has 0 spiro atoms. The molecule has 0 atom stereocenters. The summed E-state index contributed by atoms with van der Waals surface area (Å²) in [5.41, 5.74) is 16.5. The molecule has 6 heteroatoms. The van der Waals surface area contributed by atoms with Gasteiger partial charge in [-0.25, -0.2) is 9.97 Å². The molecule has 128 valence electrons. The number of nitrogen functional groups attached to an aromatic ring is 2. The normalized spacial score (nSPS) is 15.6. The highest BCUT2D eigenvalue weighted by atomic mass is 15.2. The maximum atomic E-state index is 5.98. The molecular weight excluding hydrogens is 312 g/mol. The van der Waals surface area contributed by atoms with Gasteiger partial charge >= 0.3 is 0 Å². The van der Waals surface area contributed by atoms with Crippen LogP contribution in [0.25, 0.3) is 22.2 Å². The molecule has 0 aliphatic carbocycles. The van der Waals surface area contributed by atoms with Crippen LogP contribution in [0.15, 0.2) is 42.5 Å². The Hall–Kier alpha value is -2.86. The number of hydrogen-bond acceptors (Lipinski definition) is 6. The average Bonchev–Trinajstić information content (AvgIpc) is 2.61. The molecule has 2 aromatic carbocycles. The van der Waals surface area contributed by atoms with Gasteiger partial charge in [0.15, 0.2) is 0 Å². The van der Waals surface area contributed by atoms with Gasteiger partial charge in [0, 0.05) is 48.5 Å². The summed E-state index contributed by atoms with van der Waals surface area (Å²) >= 11 is 0. The first kappa shape index (κ1) is 15.7. The van der Waals surface area contributed by atoms with E-state index in [9.17, 15) is 0 Å². The number of hydrogen-bond donors (Lipinski definition) is 2. The van der Waals surface area contributed by atoms with Crippen molar-refractivity contribution in [3.63, 3.8) is 0 Å². The fraction of sp³-hybridized carbons (Fsp3) is 0.263.